The molecule has 1 amide bonds. The first-order valence-corrected chi connectivity index (χ1v) is 7.47. The van der Waals surface area contributed by atoms with Gasteiger partial charge in [0.25, 0.3) is 0 Å². The minimum atomic E-state index is -0.970. The van der Waals surface area contributed by atoms with Gasteiger partial charge in [0.1, 0.15) is 0 Å². The van der Waals surface area contributed by atoms with E-state index in [1.54, 1.807) is 19.1 Å². The number of anilines is 2. The molecule has 23 heavy (non-hydrogen) atoms. The molecule has 5 nitrogen and oxygen atoms in total. The minimum Gasteiger partial charge on any atom is -0.478 e. The third-order valence-electron chi connectivity index (χ3n) is 4.19. The Morgan fingerprint density at radius 2 is 1.91 bits per heavy atom. The predicted molar refractivity (Wildman–Crippen MR) is 89.0 cm³/mol. The van der Waals surface area contributed by atoms with Crippen LogP contribution in [0.25, 0.3) is 0 Å². The van der Waals surface area contributed by atoms with Crippen molar-refractivity contribution in [1.82, 2.24) is 0 Å². The van der Waals surface area contributed by atoms with Gasteiger partial charge in [-0.25, -0.2) is 4.79 Å². The number of nitrogens with one attached hydrogen (secondary N) is 2. The Bertz CT molecular complexity index is 786. The van der Waals surface area contributed by atoms with Crippen molar-refractivity contribution in [3.8, 4) is 0 Å². The van der Waals surface area contributed by atoms with E-state index in [1.807, 2.05) is 31.2 Å². The van der Waals surface area contributed by atoms with Gasteiger partial charge < -0.3 is 15.7 Å². The maximum absolute atomic E-state index is 12.7. The van der Waals surface area contributed by atoms with Crippen molar-refractivity contribution < 1.29 is 14.7 Å². The molecule has 0 saturated heterocycles. The quantitative estimate of drug-likeness (QED) is 0.813. The molecule has 0 spiro atoms. The van der Waals surface area contributed by atoms with Gasteiger partial charge in [-0.2, -0.15) is 0 Å². The van der Waals surface area contributed by atoms with Crippen LogP contribution in [0.2, 0.25) is 0 Å². The highest BCUT2D eigenvalue weighted by Crippen LogP contribution is 2.36. The molecule has 1 heterocycles. The van der Waals surface area contributed by atoms with Gasteiger partial charge in [0.2, 0.25) is 5.91 Å². The van der Waals surface area contributed by atoms with Crippen LogP contribution in [0.5, 0.6) is 0 Å². The van der Waals surface area contributed by atoms with Crippen LogP contribution in [0.4, 0.5) is 11.4 Å². The molecular weight excluding hydrogens is 292 g/mol. The van der Waals surface area contributed by atoms with Gasteiger partial charge in [0.05, 0.1) is 11.5 Å². The fourth-order valence-corrected chi connectivity index (χ4v) is 3.07. The largest absolute Gasteiger partial charge is 0.478 e. The Kier molecular flexibility index (Phi) is 3.78. The number of amides is 1. The molecule has 5 heteroatoms. The van der Waals surface area contributed by atoms with E-state index in [0.29, 0.717) is 11.3 Å². The van der Waals surface area contributed by atoms with Crippen molar-refractivity contribution in [2.24, 2.45) is 0 Å². The second-order valence-corrected chi connectivity index (χ2v) is 5.82. The second-order valence-electron chi connectivity index (χ2n) is 5.82. The molecule has 3 rings (SSSR count). The van der Waals surface area contributed by atoms with Crippen molar-refractivity contribution in [1.29, 1.82) is 0 Å². The van der Waals surface area contributed by atoms with Gasteiger partial charge >= 0.3 is 5.97 Å². The lowest BCUT2D eigenvalue weighted by Gasteiger charge is -2.16. The lowest BCUT2D eigenvalue weighted by atomic mass is 9.95. The summed E-state index contributed by atoms with van der Waals surface area (Å²) in [5.41, 5.74) is 3.43. The number of aromatic carboxylic acids is 1. The summed E-state index contributed by atoms with van der Waals surface area (Å²) in [6, 6.07) is 12.6. The molecular formula is C18H18N2O3. The number of rotatable bonds is 3. The normalized spacial score (nSPS) is 18.9. The number of aryl methyl sites for hydroxylation is 1. The molecule has 0 aromatic heterocycles. The van der Waals surface area contributed by atoms with Crippen LogP contribution in [-0.4, -0.2) is 23.0 Å². The number of carbonyl (C=O) groups excluding carboxylic acids is 1. The first kappa shape index (κ1) is 15.1. The monoisotopic (exact) mass is 310 g/mol. The number of hydrogen-bond donors (Lipinski definition) is 3. The van der Waals surface area contributed by atoms with Gasteiger partial charge in [-0.3, -0.25) is 4.79 Å². The summed E-state index contributed by atoms with van der Waals surface area (Å²) in [6.45, 7) is 3.69. The van der Waals surface area contributed by atoms with Crippen molar-refractivity contribution in [3.63, 3.8) is 0 Å². The lowest BCUT2D eigenvalue weighted by molar-refractivity contribution is -0.117. The topological polar surface area (TPSA) is 78.4 Å². The fraction of sp³-hybridized carbons (Fsp3) is 0.222. The van der Waals surface area contributed by atoms with Crippen LogP contribution in [0.1, 0.15) is 34.3 Å². The Labute approximate surface area is 134 Å². The third kappa shape index (κ3) is 2.77. The van der Waals surface area contributed by atoms with Gasteiger partial charge in [0.15, 0.2) is 0 Å². The van der Waals surface area contributed by atoms with Gasteiger partial charge in [0, 0.05) is 17.4 Å². The SMILES string of the molecule is Cc1cc(NC(=O)C2c3ccccc3NC2C)ccc1C(=O)O. The zero-order valence-electron chi connectivity index (χ0n) is 13.0. The van der Waals surface area contributed by atoms with E-state index < -0.39 is 5.97 Å². The standard InChI is InChI=1S/C18H18N2O3/c1-10-9-12(7-8-13(10)18(22)23)20-17(21)16-11(2)19-15-6-4-3-5-14(15)16/h3-9,11,16,19H,1-2H3,(H,20,21)(H,22,23). The van der Waals surface area contributed by atoms with Gasteiger partial charge in [-0.05, 0) is 49.2 Å². The molecule has 2 aromatic carbocycles. The first-order valence-electron chi connectivity index (χ1n) is 7.47. The molecule has 0 radical (unpaired) electrons. The van der Waals surface area contributed by atoms with Crippen LogP contribution < -0.4 is 10.6 Å². The number of para-hydroxylation sites is 1. The van der Waals surface area contributed by atoms with E-state index >= 15 is 0 Å². The lowest BCUT2D eigenvalue weighted by Crippen LogP contribution is -2.28. The smallest absolute Gasteiger partial charge is 0.335 e. The summed E-state index contributed by atoms with van der Waals surface area (Å²) < 4.78 is 0. The molecule has 2 unspecified atom stereocenters. The highest BCUT2D eigenvalue weighted by molar-refractivity contribution is 5.99. The minimum absolute atomic E-state index is 0.00629. The van der Waals surface area contributed by atoms with Crippen molar-refractivity contribution in [2.75, 3.05) is 10.6 Å². The molecule has 0 fully saturated rings. The Balaban J connectivity index is 1.82. The first-order chi connectivity index (χ1) is 11.0. The van der Waals surface area contributed by atoms with Crippen LogP contribution in [0, 0.1) is 6.92 Å². The highest BCUT2D eigenvalue weighted by atomic mass is 16.4. The van der Waals surface area contributed by atoms with Crippen LogP contribution in [0.15, 0.2) is 42.5 Å². The third-order valence-corrected chi connectivity index (χ3v) is 4.19. The summed E-state index contributed by atoms with van der Waals surface area (Å²) in [5, 5.41) is 15.3. The van der Waals surface area contributed by atoms with Crippen LogP contribution in [-0.2, 0) is 4.79 Å². The molecule has 2 atom stereocenters. The maximum atomic E-state index is 12.7. The number of carboxylic acid groups (broad SMARTS) is 1. The average molecular weight is 310 g/mol. The van der Waals surface area contributed by atoms with Crippen molar-refractivity contribution in [2.45, 2.75) is 25.8 Å². The summed E-state index contributed by atoms with van der Waals surface area (Å²) >= 11 is 0. The molecule has 0 saturated carbocycles. The van der Waals surface area contributed by atoms with E-state index in [-0.39, 0.29) is 23.4 Å². The summed E-state index contributed by atoms with van der Waals surface area (Å²) in [4.78, 5) is 23.7. The fourth-order valence-electron chi connectivity index (χ4n) is 3.07. The number of carbonyl (C=O) groups is 2. The zero-order chi connectivity index (χ0) is 16.6. The number of hydrogen-bond acceptors (Lipinski definition) is 3. The molecule has 0 bridgehead atoms. The van der Waals surface area contributed by atoms with E-state index in [0.717, 1.165) is 11.3 Å². The molecule has 2 aromatic rings. The van der Waals surface area contributed by atoms with Crippen LogP contribution >= 0.6 is 0 Å². The van der Waals surface area contributed by atoms with E-state index in [4.69, 9.17) is 5.11 Å². The highest BCUT2D eigenvalue weighted by Gasteiger charge is 2.34. The summed E-state index contributed by atoms with van der Waals surface area (Å²) in [5.74, 6) is -1.34. The predicted octanol–water partition coefficient (Wildman–Crippen LogP) is 3.23. The van der Waals surface area contributed by atoms with Gasteiger partial charge in [-0.1, -0.05) is 18.2 Å². The van der Waals surface area contributed by atoms with Crippen molar-refractivity contribution >= 4 is 23.3 Å². The summed E-state index contributed by atoms with van der Waals surface area (Å²) in [7, 11) is 0. The number of fused-ring (bicyclic) bond motifs is 1. The molecule has 118 valence electrons. The molecule has 0 aliphatic carbocycles. The number of benzene rings is 2. The van der Waals surface area contributed by atoms with E-state index in [9.17, 15) is 9.59 Å². The van der Waals surface area contributed by atoms with Gasteiger partial charge in [-0.15, -0.1) is 0 Å². The van der Waals surface area contributed by atoms with E-state index in [2.05, 4.69) is 10.6 Å². The van der Waals surface area contributed by atoms with Crippen molar-refractivity contribution in [3.05, 3.63) is 59.2 Å². The Morgan fingerprint density at radius 1 is 1.17 bits per heavy atom. The second kappa shape index (κ2) is 5.76. The maximum Gasteiger partial charge on any atom is 0.335 e. The molecule has 1 aliphatic rings. The van der Waals surface area contributed by atoms with E-state index in [1.165, 1.54) is 6.07 Å². The summed E-state index contributed by atoms with van der Waals surface area (Å²) in [6.07, 6.45) is 0. The zero-order valence-corrected chi connectivity index (χ0v) is 13.0. The van der Waals surface area contributed by atoms with Crippen LogP contribution in [0.3, 0.4) is 0 Å². The Hall–Kier alpha value is -2.82. The molecule has 1 aliphatic heterocycles. The number of carboxylic acids is 1. The Morgan fingerprint density at radius 3 is 2.61 bits per heavy atom. The molecule has 3 N–H and O–H groups in total. The average Bonchev–Trinajstić information content (AvgIpc) is 2.82.